The van der Waals surface area contributed by atoms with E-state index in [-0.39, 0.29) is 16.7 Å². The Morgan fingerprint density at radius 2 is 2.00 bits per heavy atom. The fourth-order valence-electron chi connectivity index (χ4n) is 2.19. The molecule has 0 heterocycles. The first-order valence-corrected chi connectivity index (χ1v) is 6.71. The average Bonchev–Trinajstić information content (AvgIpc) is 2.52. The molecule has 0 radical (unpaired) electrons. The fraction of sp³-hybridized carbons (Fsp3) is 0.250. The van der Waals surface area contributed by atoms with Crippen molar-refractivity contribution in [2.24, 2.45) is 0 Å². The van der Waals surface area contributed by atoms with E-state index in [4.69, 9.17) is 4.74 Å². The van der Waals surface area contributed by atoms with Gasteiger partial charge in [0.25, 0.3) is 5.69 Å². The number of hydrogen-bond donors (Lipinski definition) is 1. The van der Waals surface area contributed by atoms with Gasteiger partial charge in [0.15, 0.2) is 0 Å². The third kappa shape index (κ3) is 3.79. The van der Waals surface area contributed by atoms with Gasteiger partial charge in [0.2, 0.25) is 0 Å². The van der Waals surface area contributed by atoms with E-state index in [1.165, 1.54) is 6.07 Å². The highest BCUT2D eigenvalue weighted by Gasteiger charge is 2.11. The van der Waals surface area contributed by atoms with E-state index in [1.807, 2.05) is 37.3 Å². The van der Waals surface area contributed by atoms with Crippen molar-refractivity contribution in [3.8, 4) is 5.75 Å². The number of para-hydroxylation sites is 1. The van der Waals surface area contributed by atoms with Gasteiger partial charge < -0.3 is 10.1 Å². The summed E-state index contributed by atoms with van der Waals surface area (Å²) in [6, 6.07) is 14.5. The van der Waals surface area contributed by atoms with Gasteiger partial charge in [-0.25, -0.2) is 0 Å². The SMILES string of the molecule is COc1ccccc1[C@@H](C)NCc1cccc([N+](=O)[O-])c1. The van der Waals surface area contributed by atoms with Crippen molar-refractivity contribution in [1.82, 2.24) is 5.32 Å². The molecule has 110 valence electrons. The van der Waals surface area contributed by atoms with Crippen LogP contribution in [0.4, 0.5) is 5.69 Å². The summed E-state index contributed by atoms with van der Waals surface area (Å²) in [7, 11) is 1.64. The molecule has 0 fully saturated rings. The largest absolute Gasteiger partial charge is 0.496 e. The first kappa shape index (κ1) is 15.0. The minimum Gasteiger partial charge on any atom is -0.496 e. The average molecular weight is 286 g/mol. The molecule has 0 aromatic heterocycles. The van der Waals surface area contributed by atoms with Crippen LogP contribution in [0, 0.1) is 10.1 Å². The van der Waals surface area contributed by atoms with Gasteiger partial charge >= 0.3 is 0 Å². The normalized spacial score (nSPS) is 11.9. The number of non-ortho nitro benzene ring substituents is 1. The molecule has 0 bridgehead atoms. The molecule has 2 aromatic rings. The molecule has 5 nitrogen and oxygen atoms in total. The van der Waals surface area contributed by atoms with Gasteiger partial charge in [-0.05, 0) is 18.6 Å². The van der Waals surface area contributed by atoms with Crippen LogP contribution in [-0.4, -0.2) is 12.0 Å². The van der Waals surface area contributed by atoms with Crippen LogP contribution in [0.2, 0.25) is 0 Å². The predicted molar refractivity (Wildman–Crippen MR) is 81.3 cm³/mol. The number of nitro groups is 1. The summed E-state index contributed by atoms with van der Waals surface area (Å²) in [6.45, 7) is 2.59. The minimum absolute atomic E-state index is 0.0837. The van der Waals surface area contributed by atoms with Gasteiger partial charge in [-0.1, -0.05) is 30.3 Å². The molecule has 0 aliphatic carbocycles. The van der Waals surface area contributed by atoms with E-state index in [0.29, 0.717) is 6.54 Å². The first-order valence-electron chi connectivity index (χ1n) is 6.71. The van der Waals surface area contributed by atoms with E-state index >= 15 is 0 Å². The maximum Gasteiger partial charge on any atom is 0.269 e. The zero-order chi connectivity index (χ0) is 15.2. The molecular formula is C16H18N2O3. The molecule has 0 saturated heterocycles. The van der Waals surface area contributed by atoms with Gasteiger partial charge in [0.1, 0.15) is 5.75 Å². The van der Waals surface area contributed by atoms with Gasteiger partial charge in [-0.3, -0.25) is 10.1 Å². The van der Waals surface area contributed by atoms with Crippen LogP contribution in [0.15, 0.2) is 48.5 Å². The number of methoxy groups -OCH3 is 1. The molecule has 0 aliphatic heterocycles. The molecule has 21 heavy (non-hydrogen) atoms. The number of benzene rings is 2. The standard InChI is InChI=1S/C16H18N2O3/c1-12(15-8-3-4-9-16(15)21-2)17-11-13-6-5-7-14(10-13)18(19)20/h3-10,12,17H,11H2,1-2H3/t12-/m1/s1. The van der Waals surface area contributed by atoms with Crippen LogP contribution in [0.1, 0.15) is 24.1 Å². The second-order valence-electron chi connectivity index (χ2n) is 4.77. The van der Waals surface area contributed by atoms with Gasteiger partial charge in [-0.2, -0.15) is 0 Å². The summed E-state index contributed by atoms with van der Waals surface area (Å²) in [6.07, 6.45) is 0. The molecule has 0 aliphatic rings. The number of nitrogens with zero attached hydrogens (tertiary/aromatic N) is 1. The van der Waals surface area contributed by atoms with E-state index in [2.05, 4.69) is 5.32 Å². The monoisotopic (exact) mass is 286 g/mol. The molecule has 5 heteroatoms. The Hall–Kier alpha value is -2.40. The fourth-order valence-corrected chi connectivity index (χ4v) is 2.19. The Morgan fingerprint density at radius 3 is 2.71 bits per heavy atom. The van der Waals surface area contributed by atoms with Crippen molar-refractivity contribution in [3.05, 3.63) is 69.8 Å². The summed E-state index contributed by atoms with van der Waals surface area (Å²) >= 11 is 0. The summed E-state index contributed by atoms with van der Waals surface area (Å²) < 4.78 is 5.34. The maximum atomic E-state index is 10.8. The molecule has 2 aromatic carbocycles. The zero-order valence-corrected chi connectivity index (χ0v) is 12.1. The van der Waals surface area contributed by atoms with Crippen LogP contribution in [0.5, 0.6) is 5.75 Å². The maximum absolute atomic E-state index is 10.8. The quantitative estimate of drug-likeness (QED) is 0.652. The van der Waals surface area contributed by atoms with Crippen LogP contribution in [0.3, 0.4) is 0 Å². The Kier molecular flexibility index (Phi) is 4.90. The lowest BCUT2D eigenvalue weighted by atomic mass is 10.1. The lowest BCUT2D eigenvalue weighted by molar-refractivity contribution is -0.384. The molecule has 1 N–H and O–H groups in total. The Balaban J connectivity index is 2.05. The van der Waals surface area contributed by atoms with Crippen molar-refractivity contribution in [2.45, 2.75) is 19.5 Å². The third-order valence-corrected chi connectivity index (χ3v) is 3.34. The van der Waals surface area contributed by atoms with Gasteiger partial charge in [0.05, 0.1) is 12.0 Å². The van der Waals surface area contributed by atoms with E-state index in [9.17, 15) is 10.1 Å². The Morgan fingerprint density at radius 1 is 1.24 bits per heavy atom. The highest BCUT2D eigenvalue weighted by molar-refractivity contribution is 5.36. The second kappa shape index (κ2) is 6.85. The number of nitrogens with one attached hydrogen (secondary N) is 1. The number of ether oxygens (including phenoxy) is 1. The molecular weight excluding hydrogens is 268 g/mol. The first-order chi connectivity index (χ1) is 10.1. The van der Waals surface area contributed by atoms with Crippen molar-refractivity contribution in [2.75, 3.05) is 7.11 Å². The van der Waals surface area contributed by atoms with E-state index in [0.717, 1.165) is 16.9 Å². The van der Waals surface area contributed by atoms with Crippen LogP contribution < -0.4 is 10.1 Å². The lowest BCUT2D eigenvalue weighted by Gasteiger charge is -2.17. The minimum atomic E-state index is -0.382. The van der Waals surface area contributed by atoms with Crippen molar-refractivity contribution < 1.29 is 9.66 Å². The smallest absolute Gasteiger partial charge is 0.269 e. The number of hydrogen-bond acceptors (Lipinski definition) is 4. The van der Waals surface area contributed by atoms with Gasteiger partial charge in [-0.15, -0.1) is 0 Å². The second-order valence-corrected chi connectivity index (χ2v) is 4.77. The summed E-state index contributed by atoms with van der Waals surface area (Å²) in [4.78, 5) is 10.4. The molecule has 2 rings (SSSR count). The Bertz CT molecular complexity index is 628. The number of nitro benzene ring substituents is 1. The molecule has 0 spiro atoms. The van der Waals surface area contributed by atoms with Crippen molar-refractivity contribution in [3.63, 3.8) is 0 Å². The third-order valence-electron chi connectivity index (χ3n) is 3.34. The highest BCUT2D eigenvalue weighted by Crippen LogP contribution is 2.24. The summed E-state index contributed by atoms with van der Waals surface area (Å²) in [5.41, 5.74) is 2.05. The Labute approximate surface area is 123 Å². The summed E-state index contributed by atoms with van der Waals surface area (Å²) in [5.74, 6) is 0.830. The van der Waals surface area contributed by atoms with Crippen molar-refractivity contribution >= 4 is 5.69 Å². The highest BCUT2D eigenvalue weighted by atomic mass is 16.6. The predicted octanol–water partition coefficient (Wildman–Crippen LogP) is 3.45. The topological polar surface area (TPSA) is 64.4 Å². The molecule has 0 unspecified atom stereocenters. The summed E-state index contributed by atoms with van der Waals surface area (Å²) in [5, 5.41) is 14.1. The van der Waals surface area contributed by atoms with E-state index < -0.39 is 0 Å². The van der Waals surface area contributed by atoms with Crippen LogP contribution in [-0.2, 0) is 6.54 Å². The van der Waals surface area contributed by atoms with Crippen LogP contribution in [0.25, 0.3) is 0 Å². The molecule has 0 saturated carbocycles. The lowest BCUT2D eigenvalue weighted by Crippen LogP contribution is -2.18. The van der Waals surface area contributed by atoms with Crippen LogP contribution >= 0.6 is 0 Å². The van der Waals surface area contributed by atoms with Crippen molar-refractivity contribution in [1.29, 1.82) is 0 Å². The van der Waals surface area contributed by atoms with E-state index in [1.54, 1.807) is 19.2 Å². The number of rotatable bonds is 6. The zero-order valence-electron chi connectivity index (χ0n) is 12.1. The molecule has 0 amide bonds. The molecule has 1 atom stereocenters. The van der Waals surface area contributed by atoms with Gasteiger partial charge in [0, 0.05) is 30.3 Å².